The molecule has 0 fully saturated rings. The zero-order valence-electron chi connectivity index (χ0n) is 8.17. The summed E-state index contributed by atoms with van der Waals surface area (Å²) in [4.78, 5) is 19.3. The second kappa shape index (κ2) is 7.04. The van der Waals surface area contributed by atoms with E-state index in [0.29, 0.717) is 6.61 Å². The fraction of sp³-hybridized carbons (Fsp3) is 0.714. The Hall–Kier alpha value is -1.31. The topological polar surface area (TPSA) is 89.6 Å². The molecule has 90 valence electrons. The van der Waals surface area contributed by atoms with E-state index in [2.05, 4.69) is 4.74 Å². The van der Waals surface area contributed by atoms with E-state index in [1.54, 1.807) is 13.8 Å². The van der Waals surface area contributed by atoms with Crippen molar-refractivity contribution >= 4 is 11.9 Å². The van der Waals surface area contributed by atoms with Crippen molar-refractivity contribution in [3.8, 4) is 0 Å². The molecular weight excluding hydrogens is 219 g/mol. The highest BCUT2D eigenvalue weighted by Gasteiger charge is 2.38. The van der Waals surface area contributed by atoms with E-state index >= 15 is 0 Å². The molecule has 3 N–H and O–H groups in total. The van der Waals surface area contributed by atoms with Crippen molar-refractivity contribution < 1.29 is 32.6 Å². The molecule has 15 heavy (non-hydrogen) atoms. The molecule has 0 heterocycles. The van der Waals surface area contributed by atoms with Gasteiger partial charge in [-0.25, -0.2) is 4.79 Å². The van der Waals surface area contributed by atoms with Crippen LogP contribution in [-0.4, -0.2) is 35.9 Å². The normalized spacial score (nSPS) is 12.1. The molecule has 0 radical (unpaired) electrons. The summed E-state index contributed by atoms with van der Waals surface area (Å²) >= 11 is 0. The molecule has 0 amide bonds. The lowest BCUT2D eigenvalue weighted by atomic mass is 10.4. The van der Waals surface area contributed by atoms with E-state index in [0.717, 1.165) is 0 Å². The number of rotatable bonds is 2. The first kappa shape index (κ1) is 16.1. The second-order valence-electron chi connectivity index (χ2n) is 2.34. The molecule has 0 aromatic carbocycles. The molecular formula is C7H12F3NO4. The standard InChI is InChI=1S/C5H11NO2.C2HF3O2/c1-3-8-5(7)4(2)6;3-2(4,5)1(6)7/h4H,3,6H2,1-2H3;(H,6,7)/t4-;/m0./s1. The van der Waals surface area contributed by atoms with Crippen molar-refractivity contribution in [1.29, 1.82) is 0 Å². The SMILES string of the molecule is CCOC(=O)[C@H](C)N.O=C(O)C(F)(F)F. The number of esters is 1. The molecule has 1 atom stereocenters. The number of hydrogen-bond donors (Lipinski definition) is 2. The van der Waals surface area contributed by atoms with Gasteiger partial charge >= 0.3 is 18.1 Å². The Morgan fingerprint density at radius 1 is 1.47 bits per heavy atom. The predicted molar refractivity (Wildman–Crippen MR) is 44.0 cm³/mol. The van der Waals surface area contributed by atoms with Gasteiger partial charge in [-0.3, -0.25) is 4.79 Å². The zero-order valence-corrected chi connectivity index (χ0v) is 8.17. The van der Waals surface area contributed by atoms with Crippen LogP contribution in [0.2, 0.25) is 0 Å². The molecule has 0 spiro atoms. The molecule has 0 unspecified atom stereocenters. The lowest BCUT2D eigenvalue weighted by molar-refractivity contribution is -0.192. The zero-order chi connectivity index (χ0) is 12.6. The van der Waals surface area contributed by atoms with Crippen LogP contribution in [0.3, 0.4) is 0 Å². The molecule has 0 aliphatic heterocycles. The lowest BCUT2D eigenvalue weighted by Crippen LogP contribution is -2.28. The van der Waals surface area contributed by atoms with Crippen LogP contribution in [-0.2, 0) is 14.3 Å². The lowest BCUT2D eigenvalue weighted by Gasteiger charge is -2.02. The number of nitrogens with two attached hydrogens (primary N) is 1. The predicted octanol–water partition coefficient (Wildman–Crippen LogP) is 0.530. The van der Waals surface area contributed by atoms with Gasteiger partial charge in [-0.15, -0.1) is 0 Å². The van der Waals surface area contributed by atoms with E-state index in [1.807, 2.05) is 0 Å². The highest BCUT2D eigenvalue weighted by molar-refractivity contribution is 5.74. The molecule has 0 saturated carbocycles. The van der Waals surface area contributed by atoms with E-state index < -0.39 is 18.2 Å². The molecule has 8 heteroatoms. The third-order valence-electron chi connectivity index (χ3n) is 0.901. The van der Waals surface area contributed by atoms with Crippen LogP contribution in [0.15, 0.2) is 0 Å². The fourth-order valence-electron chi connectivity index (χ4n) is 0.274. The fourth-order valence-corrected chi connectivity index (χ4v) is 0.274. The van der Waals surface area contributed by atoms with Crippen LogP contribution in [0.4, 0.5) is 13.2 Å². The van der Waals surface area contributed by atoms with Crippen molar-refractivity contribution in [2.75, 3.05) is 6.61 Å². The van der Waals surface area contributed by atoms with Gasteiger partial charge in [-0.1, -0.05) is 0 Å². The van der Waals surface area contributed by atoms with Crippen LogP contribution in [0, 0.1) is 0 Å². The largest absolute Gasteiger partial charge is 0.490 e. The Kier molecular flexibility index (Phi) is 7.58. The number of carbonyl (C=O) groups excluding carboxylic acids is 1. The molecule has 0 aromatic rings. The Morgan fingerprint density at radius 2 is 1.80 bits per heavy atom. The minimum Gasteiger partial charge on any atom is -0.475 e. The molecule has 0 aromatic heterocycles. The van der Waals surface area contributed by atoms with Crippen molar-refractivity contribution in [3.63, 3.8) is 0 Å². The monoisotopic (exact) mass is 231 g/mol. The van der Waals surface area contributed by atoms with Crippen LogP contribution in [0.5, 0.6) is 0 Å². The summed E-state index contributed by atoms with van der Waals surface area (Å²) in [5.74, 6) is -3.10. The Morgan fingerprint density at radius 3 is 1.87 bits per heavy atom. The minimum absolute atomic E-state index is 0.340. The minimum atomic E-state index is -5.08. The first-order valence-corrected chi connectivity index (χ1v) is 3.85. The highest BCUT2D eigenvalue weighted by Crippen LogP contribution is 2.13. The van der Waals surface area contributed by atoms with Gasteiger partial charge in [0.1, 0.15) is 6.04 Å². The second-order valence-corrected chi connectivity index (χ2v) is 2.34. The highest BCUT2D eigenvalue weighted by atomic mass is 19.4. The molecule has 0 bridgehead atoms. The van der Waals surface area contributed by atoms with Crippen molar-refractivity contribution in [1.82, 2.24) is 0 Å². The molecule has 5 nitrogen and oxygen atoms in total. The smallest absolute Gasteiger partial charge is 0.475 e. The first-order chi connectivity index (χ1) is 6.62. The van der Waals surface area contributed by atoms with E-state index in [1.165, 1.54) is 0 Å². The maximum atomic E-state index is 10.6. The summed E-state index contributed by atoms with van der Waals surface area (Å²) in [6, 6.07) is -0.491. The number of hydrogen-bond acceptors (Lipinski definition) is 4. The maximum Gasteiger partial charge on any atom is 0.490 e. The summed E-state index contributed by atoms with van der Waals surface area (Å²) in [6.07, 6.45) is -5.08. The van der Waals surface area contributed by atoms with Gasteiger partial charge in [0.15, 0.2) is 0 Å². The van der Waals surface area contributed by atoms with Crippen molar-refractivity contribution in [3.05, 3.63) is 0 Å². The molecule has 0 saturated heterocycles. The Bertz CT molecular complexity index is 215. The summed E-state index contributed by atoms with van der Waals surface area (Å²) in [6.45, 7) is 3.75. The van der Waals surface area contributed by atoms with Gasteiger partial charge in [-0.2, -0.15) is 13.2 Å². The van der Waals surface area contributed by atoms with Crippen LogP contribution < -0.4 is 5.73 Å². The van der Waals surface area contributed by atoms with E-state index in [4.69, 9.17) is 15.6 Å². The maximum absolute atomic E-state index is 10.6. The number of aliphatic carboxylic acids is 1. The van der Waals surface area contributed by atoms with Gasteiger partial charge in [-0.05, 0) is 13.8 Å². The number of carboxylic acids is 1. The van der Waals surface area contributed by atoms with Gasteiger partial charge in [0, 0.05) is 0 Å². The molecule has 0 rings (SSSR count). The van der Waals surface area contributed by atoms with Crippen molar-refractivity contribution in [2.24, 2.45) is 5.73 Å². The first-order valence-electron chi connectivity index (χ1n) is 3.85. The van der Waals surface area contributed by atoms with Gasteiger partial charge in [0.2, 0.25) is 0 Å². The average molecular weight is 231 g/mol. The van der Waals surface area contributed by atoms with E-state index in [9.17, 15) is 18.0 Å². The van der Waals surface area contributed by atoms with E-state index in [-0.39, 0.29) is 5.97 Å². The molecule has 0 aliphatic rings. The van der Waals surface area contributed by atoms with Gasteiger partial charge < -0.3 is 15.6 Å². The van der Waals surface area contributed by atoms with Crippen LogP contribution in [0.25, 0.3) is 0 Å². The van der Waals surface area contributed by atoms with Gasteiger partial charge in [0.25, 0.3) is 0 Å². The van der Waals surface area contributed by atoms with Crippen molar-refractivity contribution in [2.45, 2.75) is 26.1 Å². The Balaban J connectivity index is 0. The number of halogens is 3. The number of carboxylic acid groups (broad SMARTS) is 1. The third kappa shape index (κ3) is 10.6. The summed E-state index contributed by atoms with van der Waals surface area (Å²) in [7, 11) is 0. The van der Waals surface area contributed by atoms with Crippen LogP contribution >= 0.6 is 0 Å². The summed E-state index contributed by atoms with van der Waals surface area (Å²) in [5, 5.41) is 7.12. The number of carbonyl (C=O) groups is 2. The summed E-state index contributed by atoms with van der Waals surface area (Å²) in [5.41, 5.74) is 5.15. The average Bonchev–Trinajstić information content (AvgIpc) is 2.03. The van der Waals surface area contributed by atoms with Gasteiger partial charge in [0.05, 0.1) is 6.61 Å². The third-order valence-corrected chi connectivity index (χ3v) is 0.901. The van der Waals surface area contributed by atoms with Crippen LogP contribution in [0.1, 0.15) is 13.8 Å². The quantitative estimate of drug-likeness (QED) is 0.676. The number of alkyl halides is 3. The Labute approximate surface area is 84.0 Å². The number of ether oxygens (including phenoxy) is 1. The summed E-state index contributed by atoms with van der Waals surface area (Å²) < 4.78 is 36.3. The molecule has 0 aliphatic carbocycles.